The molecule has 0 aromatic heterocycles. The van der Waals surface area contributed by atoms with Crippen LogP contribution in [-0.2, 0) is 11.2 Å². The van der Waals surface area contributed by atoms with Gasteiger partial charge in [0.2, 0.25) is 5.91 Å². The van der Waals surface area contributed by atoms with E-state index in [1.807, 2.05) is 6.92 Å². The normalized spacial score (nSPS) is 15.3. The van der Waals surface area contributed by atoms with E-state index in [1.54, 1.807) is 6.07 Å². The summed E-state index contributed by atoms with van der Waals surface area (Å²) in [4.78, 5) is 23.7. The highest BCUT2D eigenvalue weighted by Gasteiger charge is 2.30. The molecular formula is C13H17N3O4. The average Bonchev–Trinajstić information content (AvgIpc) is 2.72. The fraction of sp³-hybridized carbons (Fsp3) is 0.462. The Hall–Kier alpha value is -1.99. The molecule has 1 amide bonds. The Morgan fingerprint density at radius 1 is 1.55 bits per heavy atom. The van der Waals surface area contributed by atoms with E-state index in [0.29, 0.717) is 17.8 Å². The summed E-state index contributed by atoms with van der Waals surface area (Å²) < 4.78 is 0. The number of hydrogen-bond acceptors (Lipinski definition) is 5. The molecule has 0 radical (unpaired) electrons. The maximum Gasteiger partial charge on any atom is 0.269 e. The number of β-amino-alcohol motifs (C(OH)–C–C–N with tert-alkyl or cyclic N) is 1. The molecule has 0 spiro atoms. The number of nitro benzene ring substituents is 1. The standard InChI is InChI=1S/C13H17N3O4/c1-2-14-7-11(17)8-15-12-4-3-10(16(19)20)5-9(12)6-13(15)18/h3-5,11,14,17H,2,6-8H2,1H3. The molecule has 7 heteroatoms. The Bertz CT molecular complexity index is 532. The van der Waals surface area contributed by atoms with Crippen LogP contribution in [0.15, 0.2) is 18.2 Å². The van der Waals surface area contributed by atoms with E-state index in [2.05, 4.69) is 5.32 Å². The lowest BCUT2D eigenvalue weighted by atomic mass is 10.1. The number of carbonyl (C=O) groups excluding carboxylic acids is 1. The molecule has 2 N–H and O–H groups in total. The monoisotopic (exact) mass is 279 g/mol. The third kappa shape index (κ3) is 2.94. The largest absolute Gasteiger partial charge is 0.390 e. The van der Waals surface area contributed by atoms with E-state index in [0.717, 1.165) is 6.54 Å². The summed E-state index contributed by atoms with van der Waals surface area (Å²) in [7, 11) is 0. The first-order chi connectivity index (χ1) is 9.52. The number of nitrogens with one attached hydrogen (secondary N) is 1. The maximum absolute atomic E-state index is 11.9. The lowest BCUT2D eigenvalue weighted by Gasteiger charge is -2.21. The van der Waals surface area contributed by atoms with Gasteiger partial charge in [-0.25, -0.2) is 0 Å². The second-order valence-electron chi connectivity index (χ2n) is 4.71. The fourth-order valence-electron chi connectivity index (χ4n) is 2.27. The molecule has 108 valence electrons. The summed E-state index contributed by atoms with van der Waals surface area (Å²) in [6.45, 7) is 3.27. The Labute approximate surface area is 116 Å². The number of rotatable bonds is 6. The van der Waals surface area contributed by atoms with Crippen molar-refractivity contribution in [1.82, 2.24) is 5.32 Å². The molecule has 1 aliphatic heterocycles. The van der Waals surface area contributed by atoms with Crippen LogP contribution in [0.2, 0.25) is 0 Å². The molecular weight excluding hydrogens is 262 g/mol. The first-order valence-corrected chi connectivity index (χ1v) is 6.49. The highest BCUT2D eigenvalue weighted by molar-refractivity contribution is 6.01. The van der Waals surface area contributed by atoms with Gasteiger partial charge in [-0.15, -0.1) is 0 Å². The molecule has 1 aliphatic rings. The minimum atomic E-state index is -0.667. The number of nitro groups is 1. The smallest absolute Gasteiger partial charge is 0.269 e. The second kappa shape index (κ2) is 5.98. The van der Waals surface area contributed by atoms with Gasteiger partial charge in [-0.05, 0) is 18.2 Å². The highest BCUT2D eigenvalue weighted by Crippen LogP contribution is 2.31. The van der Waals surface area contributed by atoms with Crippen LogP contribution in [0.3, 0.4) is 0 Å². The number of fused-ring (bicyclic) bond motifs is 1. The van der Waals surface area contributed by atoms with Crippen LogP contribution in [0.25, 0.3) is 0 Å². The molecule has 0 saturated heterocycles. The number of hydrogen-bond donors (Lipinski definition) is 2. The lowest BCUT2D eigenvalue weighted by molar-refractivity contribution is -0.384. The van der Waals surface area contributed by atoms with Crippen molar-refractivity contribution in [3.63, 3.8) is 0 Å². The SMILES string of the molecule is CCNCC(O)CN1C(=O)Cc2cc([N+](=O)[O-])ccc21. The zero-order chi connectivity index (χ0) is 14.7. The summed E-state index contributed by atoms with van der Waals surface area (Å²) in [5.41, 5.74) is 1.27. The number of amides is 1. The molecule has 1 atom stereocenters. The number of nitrogens with zero attached hydrogens (tertiary/aromatic N) is 2. The minimum absolute atomic E-state index is 0.0217. The first kappa shape index (κ1) is 14.4. The molecule has 0 bridgehead atoms. The van der Waals surface area contributed by atoms with Gasteiger partial charge in [0.05, 0.1) is 24.0 Å². The molecule has 1 aromatic carbocycles. The predicted octanol–water partition coefficient (Wildman–Crippen LogP) is 0.454. The zero-order valence-corrected chi connectivity index (χ0v) is 11.2. The second-order valence-corrected chi connectivity index (χ2v) is 4.71. The Kier molecular flexibility index (Phi) is 4.31. The van der Waals surface area contributed by atoms with Crippen molar-refractivity contribution in [3.05, 3.63) is 33.9 Å². The van der Waals surface area contributed by atoms with E-state index in [1.165, 1.54) is 17.0 Å². The van der Waals surface area contributed by atoms with Gasteiger partial charge in [0.1, 0.15) is 0 Å². The fourth-order valence-corrected chi connectivity index (χ4v) is 2.27. The van der Waals surface area contributed by atoms with Crippen LogP contribution >= 0.6 is 0 Å². The first-order valence-electron chi connectivity index (χ1n) is 6.49. The van der Waals surface area contributed by atoms with Crippen LogP contribution in [0.5, 0.6) is 0 Å². The summed E-state index contributed by atoms with van der Waals surface area (Å²) in [5.74, 6) is -0.143. The average molecular weight is 279 g/mol. The van der Waals surface area contributed by atoms with Crippen LogP contribution in [0, 0.1) is 10.1 Å². The van der Waals surface area contributed by atoms with Crippen LogP contribution in [0.1, 0.15) is 12.5 Å². The summed E-state index contributed by atoms with van der Waals surface area (Å²) in [6.07, 6.45) is -0.523. The minimum Gasteiger partial charge on any atom is -0.390 e. The van der Waals surface area contributed by atoms with Crippen LogP contribution < -0.4 is 10.2 Å². The van der Waals surface area contributed by atoms with Crippen molar-refractivity contribution in [2.45, 2.75) is 19.4 Å². The molecule has 7 nitrogen and oxygen atoms in total. The van der Waals surface area contributed by atoms with Crippen molar-refractivity contribution in [3.8, 4) is 0 Å². The molecule has 1 unspecified atom stereocenters. The van der Waals surface area contributed by atoms with Gasteiger partial charge >= 0.3 is 0 Å². The molecule has 1 heterocycles. The molecule has 2 rings (SSSR count). The van der Waals surface area contributed by atoms with Gasteiger partial charge in [0, 0.05) is 24.4 Å². The molecule has 20 heavy (non-hydrogen) atoms. The van der Waals surface area contributed by atoms with E-state index in [9.17, 15) is 20.0 Å². The van der Waals surface area contributed by atoms with Crippen molar-refractivity contribution in [2.24, 2.45) is 0 Å². The van der Waals surface area contributed by atoms with Crippen LogP contribution in [0.4, 0.5) is 11.4 Å². The van der Waals surface area contributed by atoms with Crippen LogP contribution in [-0.4, -0.2) is 41.7 Å². The lowest BCUT2D eigenvalue weighted by Crippen LogP contribution is -2.39. The van der Waals surface area contributed by atoms with Gasteiger partial charge in [-0.2, -0.15) is 0 Å². The number of carbonyl (C=O) groups is 1. The Morgan fingerprint density at radius 2 is 2.30 bits per heavy atom. The Morgan fingerprint density at radius 3 is 2.95 bits per heavy atom. The number of aliphatic hydroxyl groups is 1. The van der Waals surface area contributed by atoms with E-state index >= 15 is 0 Å². The van der Waals surface area contributed by atoms with E-state index in [4.69, 9.17) is 0 Å². The third-order valence-electron chi connectivity index (χ3n) is 3.23. The number of anilines is 1. The summed E-state index contributed by atoms with van der Waals surface area (Å²) in [6, 6.07) is 4.36. The molecule has 1 aromatic rings. The number of non-ortho nitro benzene ring substituents is 1. The topological polar surface area (TPSA) is 95.7 Å². The number of aliphatic hydroxyl groups excluding tert-OH is 1. The van der Waals surface area contributed by atoms with E-state index in [-0.39, 0.29) is 24.6 Å². The highest BCUT2D eigenvalue weighted by atomic mass is 16.6. The van der Waals surface area contributed by atoms with Crippen molar-refractivity contribution >= 4 is 17.3 Å². The third-order valence-corrected chi connectivity index (χ3v) is 3.23. The summed E-state index contributed by atoms with van der Waals surface area (Å²) in [5, 5.41) is 23.6. The molecule has 0 saturated carbocycles. The molecule has 0 aliphatic carbocycles. The summed E-state index contributed by atoms with van der Waals surface area (Å²) >= 11 is 0. The van der Waals surface area contributed by atoms with Gasteiger partial charge in [-0.3, -0.25) is 14.9 Å². The van der Waals surface area contributed by atoms with Crippen molar-refractivity contribution in [1.29, 1.82) is 0 Å². The zero-order valence-electron chi connectivity index (χ0n) is 11.2. The van der Waals surface area contributed by atoms with Crippen molar-refractivity contribution in [2.75, 3.05) is 24.5 Å². The molecule has 0 fully saturated rings. The van der Waals surface area contributed by atoms with Gasteiger partial charge < -0.3 is 15.3 Å². The Balaban J connectivity index is 2.14. The van der Waals surface area contributed by atoms with Gasteiger partial charge in [-0.1, -0.05) is 6.92 Å². The van der Waals surface area contributed by atoms with E-state index < -0.39 is 11.0 Å². The number of likely N-dealkylation sites (N-methyl/N-ethyl adjacent to an activating group) is 1. The predicted molar refractivity (Wildman–Crippen MR) is 73.7 cm³/mol. The van der Waals surface area contributed by atoms with Gasteiger partial charge in [0.15, 0.2) is 0 Å². The quantitative estimate of drug-likeness (QED) is 0.582. The number of benzene rings is 1. The van der Waals surface area contributed by atoms with Crippen molar-refractivity contribution < 1.29 is 14.8 Å². The maximum atomic E-state index is 11.9. The van der Waals surface area contributed by atoms with Gasteiger partial charge in [0.25, 0.3) is 5.69 Å².